The van der Waals surface area contributed by atoms with Crippen LogP contribution in [0.1, 0.15) is 23.2 Å². The molecule has 1 saturated heterocycles. The summed E-state index contributed by atoms with van der Waals surface area (Å²) in [5, 5.41) is 0. The molecule has 1 aromatic carbocycles. The number of benzene rings is 1. The van der Waals surface area contributed by atoms with E-state index in [0.29, 0.717) is 11.3 Å². The Morgan fingerprint density at radius 1 is 1.61 bits per heavy atom. The molecule has 1 fully saturated rings. The SMILES string of the molecule is COC(=O)c1cccc(N)c1SCC1CCCO1. The van der Waals surface area contributed by atoms with E-state index in [1.807, 2.05) is 0 Å². The van der Waals surface area contributed by atoms with Crippen molar-refractivity contribution in [2.24, 2.45) is 0 Å². The van der Waals surface area contributed by atoms with Crippen molar-refractivity contribution in [2.45, 2.75) is 23.8 Å². The van der Waals surface area contributed by atoms with E-state index < -0.39 is 0 Å². The molecular formula is C13H17NO3S. The summed E-state index contributed by atoms with van der Waals surface area (Å²) in [5.41, 5.74) is 7.07. The van der Waals surface area contributed by atoms with Gasteiger partial charge in [-0.1, -0.05) is 6.07 Å². The van der Waals surface area contributed by atoms with E-state index >= 15 is 0 Å². The van der Waals surface area contributed by atoms with Gasteiger partial charge in [-0.25, -0.2) is 4.79 Å². The Labute approximate surface area is 111 Å². The van der Waals surface area contributed by atoms with E-state index in [2.05, 4.69) is 0 Å². The van der Waals surface area contributed by atoms with Gasteiger partial charge in [0.1, 0.15) is 0 Å². The molecule has 0 aliphatic carbocycles. The number of methoxy groups -OCH3 is 1. The number of carbonyl (C=O) groups is 1. The second-order valence-corrected chi connectivity index (χ2v) is 5.19. The first-order valence-electron chi connectivity index (χ1n) is 5.93. The summed E-state index contributed by atoms with van der Waals surface area (Å²) in [7, 11) is 1.38. The molecule has 0 bridgehead atoms. The highest BCUT2D eigenvalue weighted by Crippen LogP contribution is 2.31. The molecule has 1 atom stereocenters. The maximum absolute atomic E-state index is 11.7. The number of hydrogen-bond acceptors (Lipinski definition) is 5. The largest absolute Gasteiger partial charge is 0.465 e. The lowest BCUT2D eigenvalue weighted by molar-refractivity contribution is 0.0597. The van der Waals surface area contributed by atoms with Crippen LogP contribution in [0.15, 0.2) is 23.1 Å². The van der Waals surface area contributed by atoms with Crippen molar-refractivity contribution in [1.82, 2.24) is 0 Å². The Balaban J connectivity index is 2.11. The fourth-order valence-corrected chi connectivity index (χ4v) is 3.10. The monoisotopic (exact) mass is 267 g/mol. The summed E-state index contributed by atoms with van der Waals surface area (Å²) in [5.74, 6) is 0.468. The summed E-state index contributed by atoms with van der Waals surface area (Å²) in [4.78, 5) is 12.5. The second kappa shape index (κ2) is 6.11. The van der Waals surface area contributed by atoms with Gasteiger partial charge in [-0.05, 0) is 25.0 Å². The first-order chi connectivity index (χ1) is 8.72. The molecule has 1 aromatic rings. The lowest BCUT2D eigenvalue weighted by Crippen LogP contribution is -2.10. The first kappa shape index (κ1) is 13.2. The van der Waals surface area contributed by atoms with Gasteiger partial charge in [-0.15, -0.1) is 11.8 Å². The van der Waals surface area contributed by atoms with Crippen LogP contribution in [0, 0.1) is 0 Å². The summed E-state index contributed by atoms with van der Waals surface area (Å²) in [6.45, 7) is 0.833. The minimum Gasteiger partial charge on any atom is -0.465 e. The molecule has 1 heterocycles. The second-order valence-electron chi connectivity index (χ2n) is 4.16. The highest BCUT2D eigenvalue weighted by molar-refractivity contribution is 7.99. The van der Waals surface area contributed by atoms with Gasteiger partial charge in [0.2, 0.25) is 0 Å². The maximum Gasteiger partial charge on any atom is 0.339 e. The van der Waals surface area contributed by atoms with Gasteiger partial charge >= 0.3 is 5.97 Å². The molecule has 0 aromatic heterocycles. The zero-order chi connectivity index (χ0) is 13.0. The third kappa shape index (κ3) is 2.97. The molecule has 0 spiro atoms. The first-order valence-corrected chi connectivity index (χ1v) is 6.92. The van der Waals surface area contributed by atoms with Crippen molar-refractivity contribution in [2.75, 3.05) is 25.2 Å². The van der Waals surface area contributed by atoms with Gasteiger partial charge in [-0.3, -0.25) is 0 Å². The number of anilines is 1. The zero-order valence-electron chi connectivity index (χ0n) is 10.3. The van der Waals surface area contributed by atoms with Gasteiger partial charge in [0, 0.05) is 22.9 Å². The Kier molecular flexibility index (Phi) is 4.49. The Bertz CT molecular complexity index is 430. The number of hydrogen-bond donors (Lipinski definition) is 1. The molecule has 98 valence electrons. The van der Waals surface area contributed by atoms with Gasteiger partial charge < -0.3 is 15.2 Å². The van der Waals surface area contributed by atoms with Gasteiger partial charge in [-0.2, -0.15) is 0 Å². The number of nitrogens with two attached hydrogens (primary N) is 1. The Hall–Kier alpha value is -1.20. The van der Waals surface area contributed by atoms with Crippen molar-refractivity contribution in [1.29, 1.82) is 0 Å². The lowest BCUT2D eigenvalue weighted by Gasteiger charge is -2.13. The normalized spacial score (nSPS) is 18.8. The van der Waals surface area contributed by atoms with Crippen molar-refractivity contribution >= 4 is 23.4 Å². The average Bonchev–Trinajstić information content (AvgIpc) is 2.89. The van der Waals surface area contributed by atoms with Gasteiger partial charge in [0.05, 0.1) is 18.8 Å². The van der Waals surface area contributed by atoms with Crippen LogP contribution in [0.3, 0.4) is 0 Å². The van der Waals surface area contributed by atoms with E-state index in [9.17, 15) is 4.79 Å². The quantitative estimate of drug-likeness (QED) is 0.515. The van der Waals surface area contributed by atoms with Crippen molar-refractivity contribution in [3.8, 4) is 0 Å². The Morgan fingerprint density at radius 3 is 3.11 bits per heavy atom. The van der Waals surface area contributed by atoms with Crippen LogP contribution in [0.25, 0.3) is 0 Å². The lowest BCUT2D eigenvalue weighted by atomic mass is 10.2. The van der Waals surface area contributed by atoms with Crippen LogP contribution in [0.2, 0.25) is 0 Å². The van der Waals surface area contributed by atoms with E-state index in [-0.39, 0.29) is 12.1 Å². The highest BCUT2D eigenvalue weighted by atomic mass is 32.2. The standard InChI is InChI=1S/C13H17NO3S/c1-16-13(15)10-5-2-6-11(14)12(10)18-8-9-4-3-7-17-9/h2,5-6,9H,3-4,7-8,14H2,1H3. The molecule has 5 heteroatoms. The van der Waals surface area contributed by atoms with Crippen LogP contribution < -0.4 is 5.73 Å². The fourth-order valence-electron chi connectivity index (χ4n) is 1.94. The fraction of sp³-hybridized carbons (Fsp3) is 0.462. The van der Waals surface area contributed by atoms with E-state index in [4.69, 9.17) is 15.2 Å². The van der Waals surface area contributed by atoms with Crippen molar-refractivity contribution in [3.05, 3.63) is 23.8 Å². The van der Waals surface area contributed by atoms with Crippen LogP contribution in [0.4, 0.5) is 5.69 Å². The van der Waals surface area contributed by atoms with Crippen molar-refractivity contribution in [3.63, 3.8) is 0 Å². The predicted octanol–water partition coefficient (Wildman–Crippen LogP) is 2.33. The van der Waals surface area contributed by atoms with Crippen LogP contribution in [-0.2, 0) is 9.47 Å². The number of carbonyl (C=O) groups excluding carboxylic acids is 1. The minimum absolute atomic E-state index is 0.264. The van der Waals surface area contributed by atoms with Crippen LogP contribution in [-0.4, -0.2) is 31.5 Å². The molecule has 1 unspecified atom stereocenters. The van der Waals surface area contributed by atoms with E-state index in [1.165, 1.54) is 7.11 Å². The topological polar surface area (TPSA) is 61.5 Å². The molecule has 0 saturated carbocycles. The van der Waals surface area contributed by atoms with Crippen LogP contribution >= 0.6 is 11.8 Å². The zero-order valence-corrected chi connectivity index (χ0v) is 11.2. The average molecular weight is 267 g/mol. The molecule has 1 aliphatic heterocycles. The van der Waals surface area contributed by atoms with E-state index in [1.54, 1.807) is 30.0 Å². The molecule has 0 amide bonds. The predicted molar refractivity (Wildman–Crippen MR) is 71.9 cm³/mol. The molecule has 4 nitrogen and oxygen atoms in total. The Morgan fingerprint density at radius 2 is 2.44 bits per heavy atom. The third-order valence-electron chi connectivity index (χ3n) is 2.89. The van der Waals surface area contributed by atoms with Crippen molar-refractivity contribution < 1.29 is 14.3 Å². The summed E-state index contributed by atoms with van der Waals surface area (Å²) >= 11 is 1.56. The molecular weight excluding hydrogens is 250 g/mol. The maximum atomic E-state index is 11.7. The molecule has 2 rings (SSSR count). The number of thioether (sulfide) groups is 1. The minimum atomic E-state index is -0.350. The number of nitrogen functional groups attached to an aromatic ring is 1. The smallest absolute Gasteiger partial charge is 0.339 e. The molecule has 18 heavy (non-hydrogen) atoms. The molecule has 2 N–H and O–H groups in total. The number of rotatable bonds is 4. The molecule has 0 radical (unpaired) electrons. The summed E-state index contributed by atoms with van der Waals surface area (Å²) in [6, 6.07) is 5.29. The highest BCUT2D eigenvalue weighted by Gasteiger charge is 2.19. The van der Waals surface area contributed by atoms with Gasteiger partial charge in [0.15, 0.2) is 0 Å². The third-order valence-corrected chi connectivity index (χ3v) is 4.17. The van der Waals surface area contributed by atoms with Crippen LogP contribution in [0.5, 0.6) is 0 Å². The molecule has 1 aliphatic rings. The number of esters is 1. The van der Waals surface area contributed by atoms with E-state index in [0.717, 1.165) is 30.1 Å². The summed E-state index contributed by atoms with van der Waals surface area (Å²) < 4.78 is 10.3. The van der Waals surface area contributed by atoms with Gasteiger partial charge in [0.25, 0.3) is 0 Å². The number of ether oxygens (including phenoxy) is 2. The summed E-state index contributed by atoms with van der Waals surface area (Å²) in [6.07, 6.45) is 2.45.